The molecule has 0 radical (unpaired) electrons. The Morgan fingerprint density at radius 1 is 1.19 bits per heavy atom. The number of carbonyl (C=O) groups is 2. The van der Waals surface area contributed by atoms with Gasteiger partial charge < -0.3 is 15.6 Å². The second-order valence-electron chi connectivity index (χ2n) is 8.48. The van der Waals surface area contributed by atoms with Crippen LogP contribution in [0.15, 0.2) is 48.5 Å². The van der Waals surface area contributed by atoms with Gasteiger partial charge in [0.05, 0.1) is 10.4 Å². The molecular weight excluding hydrogens is 423 g/mol. The monoisotopic (exact) mass is 448 g/mol. The smallest absolute Gasteiger partial charge is 0.321 e. The minimum absolute atomic E-state index is 0.0953. The number of hydrogen-bond donors (Lipinski definition) is 3. The van der Waals surface area contributed by atoms with E-state index in [2.05, 4.69) is 5.32 Å². The van der Waals surface area contributed by atoms with Crippen molar-refractivity contribution in [3.8, 4) is 0 Å². The van der Waals surface area contributed by atoms with Crippen molar-refractivity contribution >= 4 is 23.5 Å². The summed E-state index contributed by atoms with van der Waals surface area (Å²) < 4.78 is 20.1. The Bertz CT molecular complexity index is 954. The number of aliphatic carboxylic acids is 1. The van der Waals surface area contributed by atoms with Crippen molar-refractivity contribution in [2.45, 2.75) is 50.9 Å². The zero-order chi connectivity index (χ0) is 22.8. The van der Waals surface area contributed by atoms with Crippen molar-refractivity contribution in [3.63, 3.8) is 0 Å². The fourth-order valence-electron chi connectivity index (χ4n) is 4.05. The number of halogens is 2. The van der Waals surface area contributed by atoms with E-state index in [0.717, 1.165) is 5.56 Å². The molecule has 2 aromatic carbocycles. The highest BCUT2D eigenvalue weighted by Crippen LogP contribution is 2.38. The van der Waals surface area contributed by atoms with E-state index in [0.29, 0.717) is 0 Å². The fourth-order valence-corrected chi connectivity index (χ4v) is 4.24. The molecule has 1 fully saturated rings. The summed E-state index contributed by atoms with van der Waals surface area (Å²) in [5.41, 5.74) is 6.46. The molecule has 1 unspecified atom stereocenters. The number of rotatable bonds is 7. The van der Waals surface area contributed by atoms with Gasteiger partial charge in [0.1, 0.15) is 18.5 Å². The number of hydrogen-bond acceptors (Lipinski definition) is 5. The zero-order valence-corrected chi connectivity index (χ0v) is 18.1. The molecular formula is C23H26ClFN2O4. The first-order chi connectivity index (χ1) is 14.6. The van der Waals surface area contributed by atoms with Crippen LogP contribution in [0.25, 0.3) is 0 Å². The molecule has 0 aromatic heterocycles. The molecule has 4 N–H and O–H groups in total. The maximum atomic E-state index is 14.6. The summed E-state index contributed by atoms with van der Waals surface area (Å²) >= 11 is 5.89. The highest BCUT2D eigenvalue weighted by Gasteiger charge is 2.48. The molecule has 0 saturated carbocycles. The van der Waals surface area contributed by atoms with Gasteiger partial charge in [-0.15, -0.1) is 0 Å². The molecule has 0 spiro atoms. The average Bonchev–Trinajstić information content (AvgIpc) is 3.04. The molecule has 8 heteroatoms. The van der Waals surface area contributed by atoms with Crippen molar-refractivity contribution < 1.29 is 23.8 Å². The Hall–Kier alpha value is -2.48. The standard InChI is InChI=1S/C23H26ClFN2O4/c1-23(2,22(30)31-12-13-7-4-3-5-8-13)11-16-19(26)17(20(27-16)21(28)29)14-9-6-10-15(24)18(14)25/h3-10,16-17,19-20,27H,11-12,26H2,1-2H3,(H,28,29)/t16-,17+,19?,20+/m0/s1. The molecule has 166 valence electrons. The van der Waals surface area contributed by atoms with E-state index >= 15 is 0 Å². The van der Waals surface area contributed by atoms with Gasteiger partial charge in [0.2, 0.25) is 0 Å². The lowest BCUT2D eigenvalue weighted by atomic mass is 9.80. The van der Waals surface area contributed by atoms with E-state index < -0.39 is 47.2 Å². The highest BCUT2D eigenvalue weighted by atomic mass is 35.5. The molecule has 1 heterocycles. The largest absolute Gasteiger partial charge is 0.480 e. The summed E-state index contributed by atoms with van der Waals surface area (Å²) in [6.45, 7) is 3.58. The van der Waals surface area contributed by atoms with Gasteiger partial charge in [-0.3, -0.25) is 14.9 Å². The Morgan fingerprint density at radius 2 is 1.87 bits per heavy atom. The number of esters is 1. The van der Waals surface area contributed by atoms with Crippen LogP contribution < -0.4 is 11.1 Å². The number of benzene rings is 2. The van der Waals surface area contributed by atoms with E-state index in [1.165, 1.54) is 12.1 Å². The number of nitrogens with one attached hydrogen (secondary N) is 1. The van der Waals surface area contributed by atoms with Gasteiger partial charge in [-0.05, 0) is 37.5 Å². The van der Waals surface area contributed by atoms with Gasteiger partial charge in [-0.2, -0.15) is 0 Å². The van der Waals surface area contributed by atoms with Crippen molar-refractivity contribution in [1.82, 2.24) is 5.32 Å². The third-order valence-electron chi connectivity index (χ3n) is 5.73. The molecule has 1 aliphatic rings. The number of carboxylic acid groups (broad SMARTS) is 1. The molecule has 6 nitrogen and oxygen atoms in total. The van der Waals surface area contributed by atoms with Gasteiger partial charge >= 0.3 is 11.9 Å². The maximum absolute atomic E-state index is 14.6. The van der Waals surface area contributed by atoms with Crippen LogP contribution in [-0.4, -0.2) is 35.2 Å². The molecule has 1 saturated heterocycles. The summed E-state index contributed by atoms with van der Waals surface area (Å²) in [6.07, 6.45) is 0.226. The quantitative estimate of drug-likeness (QED) is 0.560. The predicted molar refractivity (Wildman–Crippen MR) is 115 cm³/mol. The van der Waals surface area contributed by atoms with Crippen molar-refractivity contribution in [2.24, 2.45) is 11.1 Å². The van der Waals surface area contributed by atoms with Crippen LogP contribution >= 0.6 is 11.6 Å². The van der Waals surface area contributed by atoms with E-state index in [-0.39, 0.29) is 23.6 Å². The van der Waals surface area contributed by atoms with E-state index in [1.54, 1.807) is 19.9 Å². The predicted octanol–water partition coefficient (Wildman–Crippen LogP) is 3.47. The second-order valence-corrected chi connectivity index (χ2v) is 8.89. The molecule has 2 aromatic rings. The third-order valence-corrected chi connectivity index (χ3v) is 6.03. The summed E-state index contributed by atoms with van der Waals surface area (Å²) in [6, 6.07) is 11.4. The van der Waals surface area contributed by atoms with Crippen LogP contribution in [0.4, 0.5) is 4.39 Å². The van der Waals surface area contributed by atoms with Gasteiger partial charge in [-0.1, -0.05) is 54.1 Å². The van der Waals surface area contributed by atoms with Crippen LogP contribution in [0.3, 0.4) is 0 Å². The first-order valence-electron chi connectivity index (χ1n) is 10.0. The minimum atomic E-state index is -1.15. The van der Waals surface area contributed by atoms with Crippen molar-refractivity contribution in [2.75, 3.05) is 0 Å². The lowest BCUT2D eigenvalue weighted by Gasteiger charge is -2.28. The Balaban J connectivity index is 1.75. The average molecular weight is 449 g/mol. The molecule has 0 aliphatic carbocycles. The molecule has 0 bridgehead atoms. The van der Waals surface area contributed by atoms with E-state index in [4.69, 9.17) is 22.1 Å². The molecule has 0 amide bonds. The van der Waals surface area contributed by atoms with E-state index in [1.807, 2.05) is 30.3 Å². The zero-order valence-electron chi connectivity index (χ0n) is 17.3. The first-order valence-corrected chi connectivity index (χ1v) is 10.4. The highest BCUT2D eigenvalue weighted by molar-refractivity contribution is 6.30. The number of nitrogens with two attached hydrogens (primary N) is 1. The van der Waals surface area contributed by atoms with Crippen LogP contribution in [0.1, 0.15) is 37.3 Å². The van der Waals surface area contributed by atoms with Crippen LogP contribution in [0.2, 0.25) is 5.02 Å². The molecule has 3 rings (SSSR count). The molecule has 4 atom stereocenters. The minimum Gasteiger partial charge on any atom is -0.480 e. The second kappa shape index (κ2) is 9.34. The van der Waals surface area contributed by atoms with E-state index in [9.17, 15) is 19.1 Å². The number of carbonyl (C=O) groups excluding carboxylic acids is 1. The SMILES string of the molecule is CC(C)(C[C@@H]1N[C@@H](C(=O)O)[C@H](c2cccc(Cl)c2F)C1N)C(=O)OCc1ccccc1. The Labute approximate surface area is 185 Å². The topological polar surface area (TPSA) is 102 Å². The lowest BCUT2D eigenvalue weighted by Crippen LogP contribution is -2.44. The van der Waals surface area contributed by atoms with Crippen LogP contribution in [0.5, 0.6) is 0 Å². The fraction of sp³-hybridized carbons (Fsp3) is 0.391. The molecule has 1 aliphatic heterocycles. The summed E-state index contributed by atoms with van der Waals surface area (Å²) in [4.78, 5) is 24.6. The summed E-state index contributed by atoms with van der Waals surface area (Å²) in [5.74, 6) is -3.08. The third kappa shape index (κ3) is 5.06. The van der Waals surface area contributed by atoms with Gasteiger partial charge in [-0.25, -0.2) is 4.39 Å². The van der Waals surface area contributed by atoms with Crippen LogP contribution in [0, 0.1) is 11.2 Å². The van der Waals surface area contributed by atoms with Gasteiger partial charge in [0.25, 0.3) is 0 Å². The number of ether oxygens (including phenoxy) is 1. The molecule has 31 heavy (non-hydrogen) atoms. The summed E-state index contributed by atoms with van der Waals surface area (Å²) in [7, 11) is 0. The Kier molecular flexibility index (Phi) is 6.99. The first kappa shape index (κ1) is 23.2. The van der Waals surface area contributed by atoms with Gasteiger partial charge in [0.15, 0.2) is 0 Å². The Morgan fingerprint density at radius 3 is 2.52 bits per heavy atom. The van der Waals surface area contributed by atoms with Crippen molar-refractivity contribution in [1.29, 1.82) is 0 Å². The van der Waals surface area contributed by atoms with Gasteiger partial charge in [0, 0.05) is 18.0 Å². The normalized spacial score (nSPS) is 23.5. The maximum Gasteiger partial charge on any atom is 0.321 e. The lowest BCUT2D eigenvalue weighted by molar-refractivity contribution is -0.156. The van der Waals surface area contributed by atoms with Crippen molar-refractivity contribution in [3.05, 3.63) is 70.5 Å². The summed E-state index contributed by atoms with van der Waals surface area (Å²) in [5, 5.41) is 12.6. The number of carboxylic acids is 1. The van der Waals surface area contributed by atoms with Crippen LogP contribution in [-0.2, 0) is 20.9 Å².